The van der Waals surface area contributed by atoms with Gasteiger partial charge in [0, 0.05) is 38.0 Å². The van der Waals surface area contributed by atoms with E-state index in [4.69, 9.17) is 4.74 Å². The number of nitrogens with zero attached hydrogens (tertiary/aromatic N) is 3. The van der Waals surface area contributed by atoms with Gasteiger partial charge in [-0.15, -0.1) is 0 Å². The molecule has 2 aromatic heterocycles. The zero-order chi connectivity index (χ0) is 28.0. The van der Waals surface area contributed by atoms with E-state index in [2.05, 4.69) is 10.3 Å². The van der Waals surface area contributed by atoms with Crippen LogP contribution in [-0.2, 0) is 20.5 Å². The number of carbonyl (C=O) groups excluding carboxylic acids is 2. The first kappa shape index (κ1) is 25.8. The third-order valence-corrected chi connectivity index (χ3v) is 7.33. The van der Waals surface area contributed by atoms with Gasteiger partial charge in [-0.1, -0.05) is 30.3 Å². The van der Waals surface area contributed by atoms with Crippen molar-refractivity contribution < 1.29 is 14.3 Å². The van der Waals surface area contributed by atoms with E-state index in [0.29, 0.717) is 30.0 Å². The second-order valence-corrected chi connectivity index (χ2v) is 9.68. The largest absolute Gasteiger partial charge is 0.480 e. The molecule has 5 rings (SSSR count). The Morgan fingerprint density at radius 2 is 1.62 bits per heavy atom. The number of aromatic nitrogens is 3. The molecule has 198 valence electrons. The number of pyridine rings is 1. The van der Waals surface area contributed by atoms with E-state index in [1.165, 1.54) is 32.0 Å². The van der Waals surface area contributed by atoms with E-state index in [9.17, 15) is 19.2 Å². The standard InChI is InChI=1S/C30H28N4O5/c1-16-19(8-6-10-21(16)24-14-18-12-13-25(35)26(18)28(32-24)39-5)20-9-7-11-23(17(20)2)31-27(36)22-15-33(3)30(38)34(4)29(22)37/h6-11,14-15H,12-13H2,1-5H3,(H,31,36). The van der Waals surface area contributed by atoms with Crippen LogP contribution in [0.15, 0.2) is 58.3 Å². The minimum Gasteiger partial charge on any atom is -0.480 e. The van der Waals surface area contributed by atoms with Gasteiger partial charge in [-0.2, -0.15) is 0 Å². The number of fused-ring (bicyclic) bond motifs is 1. The molecule has 9 heteroatoms. The number of anilines is 1. The van der Waals surface area contributed by atoms with Crippen molar-refractivity contribution in [3.05, 3.63) is 97.3 Å². The minimum atomic E-state index is -0.660. The van der Waals surface area contributed by atoms with Crippen molar-refractivity contribution in [1.82, 2.24) is 14.1 Å². The van der Waals surface area contributed by atoms with Gasteiger partial charge in [-0.25, -0.2) is 9.78 Å². The number of ketones is 1. The molecule has 0 unspecified atom stereocenters. The van der Waals surface area contributed by atoms with Crippen molar-refractivity contribution in [2.24, 2.45) is 14.1 Å². The third-order valence-electron chi connectivity index (χ3n) is 7.33. The maximum Gasteiger partial charge on any atom is 0.330 e. The summed E-state index contributed by atoms with van der Waals surface area (Å²) in [6.45, 7) is 3.91. The summed E-state index contributed by atoms with van der Waals surface area (Å²) < 4.78 is 7.58. The zero-order valence-corrected chi connectivity index (χ0v) is 22.4. The van der Waals surface area contributed by atoms with Gasteiger partial charge in [-0.3, -0.25) is 19.0 Å². The van der Waals surface area contributed by atoms with E-state index in [1.807, 2.05) is 50.2 Å². The third kappa shape index (κ3) is 4.35. The fourth-order valence-electron chi connectivity index (χ4n) is 5.15. The number of hydrogen-bond donors (Lipinski definition) is 1. The fraction of sp³-hybridized carbons (Fsp3) is 0.233. The second kappa shape index (κ2) is 9.83. The molecule has 1 aliphatic rings. The summed E-state index contributed by atoms with van der Waals surface area (Å²) in [4.78, 5) is 54.6. The molecule has 1 amide bonds. The van der Waals surface area contributed by atoms with Gasteiger partial charge in [0.2, 0.25) is 5.88 Å². The smallest absolute Gasteiger partial charge is 0.330 e. The number of nitrogens with one attached hydrogen (secondary N) is 1. The molecular formula is C30H28N4O5. The number of hydrogen-bond acceptors (Lipinski definition) is 6. The second-order valence-electron chi connectivity index (χ2n) is 9.68. The predicted octanol–water partition coefficient (Wildman–Crippen LogP) is 3.82. The highest BCUT2D eigenvalue weighted by Crippen LogP contribution is 2.38. The van der Waals surface area contributed by atoms with Crippen LogP contribution in [0, 0.1) is 13.8 Å². The number of benzene rings is 2. The lowest BCUT2D eigenvalue weighted by molar-refractivity contribution is 0.0989. The number of carbonyl (C=O) groups is 2. The number of aryl methyl sites for hydroxylation is 2. The summed E-state index contributed by atoms with van der Waals surface area (Å²) in [5, 5.41) is 2.84. The first-order valence-corrected chi connectivity index (χ1v) is 12.5. The van der Waals surface area contributed by atoms with Crippen LogP contribution in [0.25, 0.3) is 22.4 Å². The van der Waals surface area contributed by atoms with Gasteiger partial charge in [-0.05, 0) is 60.2 Å². The Labute approximate surface area is 224 Å². The summed E-state index contributed by atoms with van der Waals surface area (Å²) >= 11 is 0. The number of methoxy groups -OCH3 is 1. The van der Waals surface area contributed by atoms with Gasteiger partial charge in [0.1, 0.15) is 5.56 Å². The molecule has 4 aromatic rings. The van der Waals surface area contributed by atoms with Crippen molar-refractivity contribution in [2.75, 3.05) is 12.4 Å². The maximum atomic E-state index is 13.0. The predicted molar refractivity (Wildman–Crippen MR) is 149 cm³/mol. The van der Waals surface area contributed by atoms with Crippen LogP contribution in [0.5, 0.6) is 5.88 Å². The first-order valence-electron chi connectivity index (χ1n) is 12.5. The Kier molecular flexibility index (Phi) is 6.51. The Hall–Kier alpha value is -4.79. The number of ether oxygens (including phenoxy) is 1. The van der Waals surface area contributed by atoms with Gasteiger partial charge < -0.3 is 14.6 Å². The van der Waals surface area contributed by atoms with Gasteiger partial charge in [0.05, 0.1) is 18.4 Å². The topological polar surface area (TPSA) is 112 Å². The lowest BCUT2D eigenvalue weighted by Crippen LogP contribution is -2.40. The van der Waals surface area contributed by atoms with Gasteiger partial charge in [0.15, 0.2) is 5.78 Å². The van der Waals surface area contributed by atoms with Gasteiger partial charge >= 0.3 is 5.69 Å². The van der Waals surface area contributed by atoms with Crippen molar-refractivity contribution in [3.63, 3.8) is 0 Å². The Morgan fingerprint density at radius 1 is 0.949 bits per heavy atom. The van der Waals surface area contributed by atoms with Crippen LogP contribution >= 0.6 is 0 Å². The summed E-state index contributed by atoms with van der Waals surface area (Å²) in [6, 6.07) is 13.5. The monoisotopic (exact) mass is 524 g/mol. The normalized spacial score (nSPS) is 12.4. The highest BCUT2D eigenvalue weighted by Gasteiger charge is 2.27. The molecule has 0 fully saturated rings. The zero-order valence-electron chi connectivity index (χ0n) is 22.4. The van der Waals surface area contributed by atoms with Crippen molar-refractivity contribution >= 4 is 17.4 Å². The number of amides is 1. The van der Waals surface area contributed by atoms with Crippen LogP contribution in [0.2, 0.25) is 0 Å². The molecule has 0 atom stereocenters. The quantitative estimate of drug-likeness (QED) is 0.425. The fourth-order valence-corrected chi connectivity index (χ4v) is 5.15. The molecule has 0 saturated heterocycles. The molecule has 0 spiro atoms. The number of rotatable bonds is 5. The summed E-state index contributed by atoms with van der Waals surface area (Å²) in [6.07, 6.45) is 2.37. The number of Topliss-reactive ketones (excluding diaryl/α,β-unsaturated/α-hetero) is 1. The van der Waals surface area contributed by atoms with E-state index in [0.717, 1.165) is 43.6 Å². The first-order chi connectivity index (χ1) is 18.6. The van der Waals surface area contributed by atoms with Crippen LogP contribution in [0.1, 0.15) is 43.8 Å². The van der Waals surface area contributed by atoms with Crippen LogP contribution in [0.3, 0.4) is 0 Å². The Balaban J connectivity index is 1.54. The molecule has 0 aliphatic heterocycles. The maximum absolute atomic E-state index is 13.0. The lowest BCUT2D eigenvalue weighted by atomic mass is 9.91. The highest BCUT2D eigenvalue weighted by molar-refractivity contribution is 6.05. The molecule has 1 N–H and O–H groups in total. The van der Waals surface area contributed by atoms with E-state index < -0.39 is 17.2 Å². The molecule has 0 radical (unpaired) electrons. The Morgan fingerprint density at radius 3 is 2.33 bits per heavy atom. The van der Waals surface area contributed by atoms with Crippen molar-refractivity contribution in [1.29, 1.82) is 0 Å². The molecule has 0 bridgehead atoms. The average molecular weight is 525 g/mol. The molecule has 2 aromatic carbocycles. The van der Waals surface area contributed by atoms with E-state index >= 15 is 0 Å². The Bertz CT molecular complexity index is 1800. The van der Waals surface area contributed by atoms with Crippen molar-refractivity contribution in [2.45, 2.75) is 26.7 Å². The molecule has 9 nitrogen and oxygen atoms in total. The summed E-state index contributed by atoms with van der Waals surface area (Å²) in [5.41, 5.74) is 6.07. The highest BCUT2D eigenvalue weighted by atomic mass is 16.5. The lowest BCUT2D eigenvalue weighted by Gasteiger charge is -2.17. The molecule has 2 heterocycles. The SMILES string of the molecule is COc1nc(-c2cccc(-c3cccc(NC(=O)c4cn(C)c(=O)n(C)c4=O)c3C)c2C)cc2c1C(=O)CC2. The van der Waals surface area contributed by atoms with Crippen LogP contribution in [0.4, 0.5) is 5.69 Å². The molecule has 0 saturated carbocycles. The molecular weight excluding hydrogens is 496 g/mol. The molecule has 1 aliphatic carbocycles. The van der Waals surface area contributed by atoms with Crippen LogP contribution in [-0.4, -0.2) is 32.9 Å². The summed E-state index contributed by atoms with van der Waals surface area (Å²) in [7, 11) is 4.35. The minimum absolute atomic E-state index is 0.0523. The summed E-state index contributed by atoms with van der Waals surface area (Å²) in [5.74, 6) is -0.197. The van der Waals surface area contributed by atoms with Crippen LogP contribution < -0.4 is 21.3 Å². The molecule has 39 heavy (non-hydrogen) atoms. The average Bonchev–Trinajstić information content (AvgIpc) is 3.31. The van der Waals surface area contributed by atoms with E-state index in [-0.39, 0.29) is 11.3 Å². The van der Waals surface area contributed by atoms with E-state index in [1.54, 1.807) is 6.07 Å². The van der Waals surface area contributed by atoms with Gasteiger partial charge in [0.25, 0.3) is 11.5 Å². The van der Waals surface area contributed by atoms with Crippen molar-refractivity contribution in [3.8, 4) is 28.3 Å².